The van der Waals surface area contributed by atoms with Gasteiger partial charge in [0.15, 0.2) is 0 Å². The van der Waals surface area contributed by atoms with Crippen LogP contribution in [-0.2, 0) is 9.47 Å². The Balaban J connectivity index is 1.92. The lowest BCUT2D eigenvalue weighted by atomic mass is 9.75. The summed E-state index contributed by atoms with van der Waals surface area (Å²) in [4.78, 5) is 0. The van der Waals surface area contributed by atoms with Gasteiger partial charge >= 0.3 is 0 Å². The molecule has 2 nitrogen and oxygen atoms in total. The third kappa shape index (κ3) is 1.61. The van der Waals surface area contributed by atoms with Gasteiger partial charge in [0.2, 0.25) is 0 Å². The van der Waals surface area contributed by atoms with Gasteiger partial charge < -0.3 is 9.47 Å². The summed E-state index contributed by atoms with van der Waals surface area (Å²) in [5.41, 5.74) is -0.445. The summed E-state index contributed by atoms with van der Waals surface area (Å²) in [5.74, 6) is 1.55. The van der Waals surface area contributed by atoms with Crippen LogP contribution in [0.4, 0.5) is 0 Å². The van der Waals surface area contributed by atoms with Crippen molar-refractivity contribution >= 4 is 0 Å². The largest absolute Gasteiger partial charge is 0.366 e. The Morgan fingerprint density at radius 2 is 1.56 bits per heavy atom. The molecule has 0 amide bonds. The van der Waals surface area contributed by atoms with Crippen LogP contribution >= 0.6 is 0 Å². The molecule has 104 valence electrons. The molecule has 0 aromatic carbocycles. The SMILES string of the molecule is CC12OC(C)(C)C(C)(C)OC1CC1CCCCC12. The summed E-state index contributed by atoms with van der Waals surface area (Å²) in [6, 6.07) is 0. The molecule has 0 aromatic heterocycles. The van der Waals surface area contributed by atoms with E-state index in [0.29, 0.717) is 12.0 Å². The Bertz CT molecular complexity index is 347. The van der Waals surface area contributed by atoms with Gasteiger partial charge in [0, 0.05) is 0 Å². The molecule has 0 radical (unpaired) electrons. The maximum atomic E-state index is 6.64. The highest BCUT2D eigenvalue weighted by Gasteiger charge is 2.62. The van der Waals surface area contributed by atoms with Crippen LogP contribution in [0, 0.1) is 11.8 Å². The number of ether oxygens (including phenoxy) is 2. The van der Waals surface area contributed by atoms with Gasteiger partial charge in [0.25, 0.3) is 0 Å². The molecule has 0 aromatic rings. The Labute approximate surface area is 111 Å². The first-order valence-electron chi connectivity index (χ1n) is 7.64. The van der Waals surface area contributed by atoms with Crippen molar-refractivity contribution in [1.82, 2.24) is 0 Å². The van der Waals surface area contributed by atoms with Crippen LogP contribution in [-0.4, -0.2) is 22.9 Å². The van der Waals surface area contributed by atoms with E-state index in [4.69, 9.17) is 9.47 Å². The first-order valence-corrected chi connectivity index (χ1v) is 7.64. The summed E-state index contributed by atoms with van der Waals surface area (Å²) >= 11 is 0. The van der Waals surface area contributed by atoms with Gasteiger partial charge in [-0.05, 0) is 65.7 Å². The van der Waals surface area contributed by atoms with Crippen LogP contribution in [0.2, 0.25) is 0 Å². The Hall–Kier alpha value is -0.0800. The predicted octanol–water partition coefficient (Wildman–Crippen LogP) is 3.93. The lowest BCUT2D eigenvalue weighted by molar-refractivity contribution is -0.330. The molecule has 4 unspecified atom stereocenters. The van der Waals surface area contributed by atoms with Gasteiger partial charge in [-0.2, -0.15) is 0 Å². The second kappa shape index (κ2) is 3.73. The molecule has 18 heavy (non-hydrogen) atoms. The van der Waals surface area contributed by atoms with E-state index in [-0.39, 0.29) is 16.8 Å². The van der Waals surface area contributed by atoms with Crippen LogP contribution in [0.5, 0.6) is 0 Å². The van der Waals surface area contributed by atoms with Crippen LogP contribution in [0.25, 0.3) is 0 Å². The zero-order valence-corrected chi connectivity index (χ0v) is 12.6. The lowest BCUT2D eigenvalue weighted by Gasteiger charge is -2.56. The molecule has 2 aliphatic carbocycles. The van der Waals surface area contributed by atoms with Crippen molar-refractivity contribution in [3.63, 3.8) is 0 Å². The fraction of sp³-hybridized carbons (Fsp3) is 1.00. The van der Waals surface area contributed by atoms with Gasteiger partial charge in [-0.3, -0.25) is 0 Å². The molecule has 1 aliphatic heterocycles. The second-order valence-electron chi connectivity index (χ2n) is 7.80. The molecule has 3 rings (SSSR count). The molecule has 4 atom stereocenters. The number of fused-ring (bicyclic) bond motifs is 3. The topological polar surface area (TPSA) is 18.5 Å². The minimum absolute atomic E-state index is 0.0515. The third-order valence-electron chi connectivity index (χ3n) is 6.16. The first kappa shape index (κ1) is 12.9. The Morgan fingerprint density at radius 1 is 0.889 bits per heavy atom. The van der Waals surface area contributed by atoms with Crippen molar-refractivity contribution in [2.24, 2.45) is 11.8 Å². The van der Waals surface area contributed by atoms with Crippen LogP contribution in [0.15, 0.2) is 0 Å². The van der Waals surface area contributed by atoms with E-state index in [9.17, 15) is 0 Å². The maximum absolute atomic E-state index is 6.64. The zero-order valence-electron chi connectivity index (χ0n) is 12.6. The first-order chi connectivity index (χ1) is 8.26. The van der Waals surface area contributed by atoms with E-state index in [1.54, 1.807) is 0 Å². The molecule has 3 fully saturated rings. The molecule has 0 N–H and O–H groups in total. The van der Waals surface area contributed by atoms with Crippen molar-refractivity contribution in [2.45, 2.75) is 89.6 Å². The van der Waals surface area contributed by atoms with Crippen molar-refractivity contribution in [3.05, 3.63) is 0 Å². The third-order valence-corrected chi connectivity index (χ3v) is 6.16. The van der Waals surface area contributed by atoms with Gasteiger partial charge in [0.05, 0.1) is 22.9 Å². The highest BCUT2D eigenvalue weighted by atomic mass is 16.6. The van der Waals surface area contributed by atoms with Crippen LogP contribution in [0.3, 0.4) is 0 Å². The quantitative estimate of drug-likeness (QED) is 0.650. The van der Waals surface area contributed by atoms with Crippen molar-refractivity contribution < 1.29 is 9.47 Å². The van der Waals surface area contributed by atoms with Gasteiger partial charge in [-0.25, -0.2) is 0 Å². The molecule has 2 saturated carbocycles. The Kier molecular flexibility index (Phi) is 2.68. The molecule has 0 bridgehead atoms. The van der Waals surface area contributed by atoms with Crippen LogP contribution < -0.4 is 0 Å². The summed E-state index contributed by atoms with van der Waals surface area (Å²) < 4.78 is 13.1. The fourth-order valence-electron chi connectivity index (χ4n) is 4.47. The summed E-state index contributed by atoms with van der Waals surface area (Å²) in [7, 11) is 0. The van der Waals surface area contributed by atoms with Gasteiger partial charge in [-0.1, -0.05) is 12.8 Å². The van der Waals surface area contributed by atoms with E-state index in [1.165, 1.54) is 32.1 Å². The number of hydrogen-bond donors (Lipinski definition) is 0. The fourth-order valence-corrected chi connectivity index (χ4v) is 4.47. The van der Waals surface area contributed by atoms with E-state index >= 15 is 0 Å². The van der Waals surface area contributed by atoms with E-state index in [1.807, 2.05) is 0 Å². The predicted molar refractivity (Wildman–Crippen MR) is 72.6 cm³/mol. The maximum Gasteiger partial charge on any atom is 0.0954 e. The van der Waals surface area contributed by atoms with E-state index in [0.717, 1.165) is 5.92 Å². The summed E-state index contributed by atoms with van der Waals surface area (Å²) in [5, 5.41) is 0. The van der Waals surface area contributed by atoms with Crippen molar-refractivity contribution in [1.29, 1.82) is 0 Å². The molecule has 0 spiro atoms. The van der Waals surface area contributed by atoms with Gasteiger partial charge in [-0.15, -0.1) is 0 Å². The van der Waals surface area contributed by atoms with E-state index < -0.39 is 0 Å². The average Bonchev–Trinajstić information content (AvgIpc) is 2.51. The molecule has 2 heteroatoms. The van der Waals surface area contributed by atoms with Gasteiger partial charge in [0.1, 0.15) is 0 Å². The van der Waals surface area contributed by atoms with Crippen molar-refractivity contribution in [2.75, 3.05) is 0 Å². The monoisotopic (exact) mass is 252 g/mol. The standard InChI is InChI=1S/C16H28O2/c1-14(2)15(3,4)18-16(5)12-9-7-6-8-11(12)10-13(16)17-14/h11-13H,6-10H2,1-5H3. The van der Waals surface area contributed by atoms with E-state index in [2.05, 4.69) is 34.6 Å². The van der Waals surface area contributed by atoms with Crippen molar-refractivity contribution in [3.8, 4) is 0 Å². The molecular formula is C16H28O2. The molecular weight excluding hydrogens is 224 g/mol. The summed E-state index contributed by atoms with van der Waals surface area (Å²) in [6.07, 6.45) is 6.99. The molecule has 1 heterocycles. The summed E-state index contributed by atoms with van der Waals surface area (Å²) in [6.45, 7) is 11.0. The smallest absolute Gasteiger partial charge is 0.0954 e. The average molecular weight is 252 g/mol. The molecule has 1 saturated heterocycles. The minimum Gasteiger partial charge on any atom is -0.366 e. The Morgan fingerprint density at radius 3 is 2.28 bits per heavy atom. The minimum atomic E-state index is -0.204. The number of hydrogen-bond acceptors (Lipinski definition) is 2. The van der Waals surface area contributed by atoms with Crippen LogP contribution in [0.1, 0.15) is 66.7 Å². The normalized spacial score (nSPS) is 49.5. The molecule has 3 aliphatic rings. The lowest BCUT2D eigenvalue weighted by Crippen LogP contribution is -2.65. The second-order valence-corrected chi connectivity index (χ2v) is 7.80. The highest BCUT2D eigenvalue weighted by molar-refractivity contribution is 5.10. The zero-order chi connectivity index (χ0) is 13.2. The number of rotatable bonds is 0. The highest BCUT2D eigenvalue weighted by Crippen LogP contribution is 2.57.